The van der Waals surface area contributed by atoms with Crippen LogP contribution >= 0.6 is 11.3 Å². The van der Waals surface area contributed by atoms with Crippen molar-refractivity contribution >= 4 is 11.3 Å². The van der Waals surface area contributed by atoms with Crippen molar-refractivity contribution in [3.63, 3.8) is 0 Å². The van der Waals surface area contributed by atoms with Gasteiger partial charge in [-0.05, 0) is 38.3 Å². The molecule has 0 amide bonds. The maximum absolute atomic E-state index is 10.3. The Balaban J connectivity index is 2.12. The van der Waals surface area contributed by atoms with Crippen molar-refractivity contribution in [2.24, 2.45) is 5.92 Å². The number of aliphatic hydroxyl groups excluding tert-OH is 1. The topological polar surface area (TPSA) is 29.5 Å². The van der Waals surface area contributed by atoms with Gasteiger partial charge in [0, 0.05) is 22.3 Å². The van der Waals surface area contributed by atoms with Crippen LogP contribution in [-0.2, 0) is 4.74 Å². The van der Waals surface area contributed by atoms with Gasteiger partial charge in [-0.3, -0.25) is 0 Å². The van der Waals surface area contributed by atoms with E-state index in [1.54, 1.807) is 11.3 Å². The van der Waals surface area contributed by atoms with Gasteiger partial charge < -0.3 is 9.84 Å². The van der Waals surface area contributed by atoms with Gasteiger partial charge in [-0.1, -0.05) is 0 Å². The van der Waals surface area contributed by atoms with Gasteiger partial charge in [-0.25, -0.2) is 0 Å². The summed E-state index contributed by atoms with van der Waals surface area (Å²) >= 11 is 1.71. The smallest absolute Gasteiger partial charge is 0.0934 e. The number of hydrogen-bond acceptors (Lipinski definition) is 3. The molecule has 1 fully saturated rings. The normalized spacial score (nSPS) is 24.1. The van der Waals surface area contributed by atoms with Gasteiger partial charge in [0.25, 0.3) is 0 Å². The summed E-state index contributed by atoms with van der Waals surface area (Å²) in [6.07, 6.45) is 1.83. The molecule has 1 aliphatic heterocycles. The molecule has 0 radical (unpaired) electrons. The first-order valence-corrected chi connectivity index (χ1v) is 6.33. The third-order valence-electron chi connectivity index (χ3n) is 2.99. The Morgan fingerprint density at radius 2 is 2.33 bits per heavy atom. The molecular formula is C12H18O2S. The highest BCUT2D eigenvalue weighted by Gasteiger charge is 2.25. The van der Waals surface area contributed by atoms with Crippen molar-refractivity contribution in [1.29, 1.82) is 0 Å². The van der Waals surface area contributed by atoms with Crippen LogP contribution in [0, 0.1) is 19.8 Å². The van der Waals surface area contributed by atoms with Crippen LogP contribution < -0.4 is 0 Å². The first-order chi connectivity index (χ1) is 7.18. The Hall–Kier alpha value is -0.380. The molecule has 1 saturated heterocycles. The number of rotatable bonds is 2. The number of aliphatic hydroxyl groups is 1. The van der Waals surface area contributed by atoms with E-state index in [0.29, 0.717) is 6.61 Å². The SMILES string of the molecule is Cc1cc(C)c(C(O)C2CCCOC2)s1. The molecule has 1 aliphatic rings. The first kappa shape index (κ1) is 11.1. The Morgan fingerprint density at radius 3 is 2.87 bits per heavy atom. The molecule has 2 atom stereocenters. The van der Waals surface area contributed by atoms with E-state index in [2.05, 4.69) is 19.9 Å². The Labute approximate surface area is 94.9 Å². The maximum Gasteiger partial charge on any atom is 0.0934 e. The summed E-state index contributed by atoms with van der Waals surface area (Å²) in [4.78, 5) is 2.40. The zero-order valence-electron chi connectivity index (χ0n) is 9.32. The van der Waals surface area contributed by atoms with Crippen molar-refractivity contribution in [1.82, 2.24) is 0 Å². The standard InChI is InChI=1S/C12H18O2S/c1-8-6-9(2)15-12(8)11(13)10-4-3-5-14-7-10/h6,10-11,13H,3-5,7H2,1-2H3. The van der Waals surface area contributed by atoms with Gasteiger partial charge in [0.1, 0.15) is 0 Å². The van der Waals surface area contributed by atoms with Crippen LogP contribution in [0.15, 0.2) is 6.07 Å². The summed E-state index contributed by atoms with van der Waals surface area (Å²) in [6.45, 7) is 5.72. The highest BCUT2D eigenvalue weighted by Crippen LogP contribution is 2.35. The monoisotopic (exact) mass is 226 g/mol. The zero-order valence-corrected chi connectivity index (χ0v) is 10.1. The van der Waals surface area contributed by atoms with Gasteiger partial charge in [0.2, 0.25) is 0 Å². The summed E-state index contributed by atoms with van der Waals surface area (Å²) in [6, 6.07) is 2.15. The predicted molar refractivity (Wildman–Crippen MR) is 62.3 cm³/mol. The molecular weight excluding hydrogens is 208 g/mol. The lowest BCUT2D eigenvalue weighted by atomic mass is 9.94. The Bertz CT molecular complexity index is 326. The second-order valence-electron chi connectivity index (χ2n) is 4.33. The van der Waals surface area contributed by atoms with Crippen LogP contribution in [0.5, 0.6) is 0 Å². The van der Waals surface area contributed by atoms with Gasteiger partial charge in [0.05, 0.1) is 12.7 Å². The molecule has 0 saturated carbocycles. The van der Waals surface area contributed by atoms with Gasteiger partial charge in [0.15, 0.2) is 0 Å². The Morgan fingerprint density at radius 1 is 1.53 bits per heavy atom. The van der Waals surface area contributed by atoms with E-state index in [9.17, 15) is 5.11 Å². The zero-order chi connectivity index (χ0) is 10.8. The van der Waals surface area contributed by atoms with Crippen LogP contribution in [0.4, 0.5) is 0 Å². The number of aryl methyl sites for hydroxylation is 2. The summed E-state index contributed by atoms with van der Waals surface area (Å²) in [5.74, 6) is 0.287. The van der Waals surface area contributed by atoms with Crippen molar-refractivity contribution in [3.8, 4) is 0 Å². The minimum Gasteiger partial charge on any atom is -0.387 e. The molecule has 1 aromatic rings. The first-order valence-electron chi connectivity index (χ1n) is 5.51. The van der Waals surface area contributed by atoms with Crippen molar-refractivity contribution < 1.29 is 9.84 Å². The highest BCUT2D eigenvalue weighted by atomic mass is 32.1. The molecule has 2 heterocycles. The predicted octanol–water partition coefficient (Wildman–Crippen LogP) is 2.82. The second kappa shape index (κ2) is 4.64. The average molecular weight is 226 g/mol. The molecule has 3 heteroatoms. The van der Waals surface area contributed by atoms with Crippen LogP contribution in [0.1, 0.15) is 34.3 Å². The van der Waals surface area contributed by atoms with E-state index in [-0.39, 0.29) is 12.0 Å². The van der Waals surface area contributed by atoms with E-state index in [1.807, 2.05) is 0 Å². The molecule has 2 nitrogen and oxygen atoms in total. The number of hydrogen-bond donors (Lipinski definition) is 1. The largest absolute Gasteiger partial charge is 0.387 e. The summed E-state index contributed by atoms with van der Waals surface area (Å²) in [7, 11) is 0. The Kier molecular flexibility index (Phi) is 3.44. The highest BCUT2D eigenvalue weighted by molar-refractivity contribution is 7.12. The van der Waals surface area contributed by atoms with Crippen molar-refractivity contribution in [2.75, 3.05) is 13.2 Å². The van der Waals surface area contributed by atoms with Gasteiger partial charge >= 0.3 is 0 Å². The average Bonchev–Trinajstić information content (AvgIpc) is 2.58. The maximum atomic E-state index is 10.3. The number of ether oxygens (including phenoxy) is 1. The third kappa shape index (κ3) is 2.41. The lowest BCUT2D eigenvalue weighted by molar-refractivity contribution is -0.00881. The molecule has 0 bridgehead atoms. The summed E-state index contributed by atoms with van der Waals surface area (Å²) in [5, 5.41) is 10.3. The van der Waals surface area contributed by atoms with E-state index < -0.39 is 0 Å². The van der Waals surface area contributed by atoms with Crippen LogP contribution in [0.3, 0.4) is 0 Å². The molecule has 0 aromatic carbocycles. The van der Waals surface area contributed by atoms with E-state index >= 15 is 0 Å². The molecule has 1 N–H and O–H groups in total. The van der Waals surface area contributed by atoms with Crippen molar-refractivity contribution in [3.05, 3.63) is 21.4 Å². The molecule has 1 aromatic heterocycles. The fraction of sp³-hybridized carbons (Fsp3) is 0.667. The van der Waals surface area contributed by atoms with Crippen molar-refractivity contribution in [2.45, 2.75) is 32.8 Å². The van der Waals surface area contributed by atoms with E-state index in [0.717, 1.165) is 24.3 Å². The molecule has 2 unspecified atom stereocenters. The van der Waals surface area contributed by atoms with Crippen LogP contribution in [0.25, 0.3) is 0 Å². The lowest BCUT2D eigenvalue weighted by Crippen LogP contribution is -2.23. The molecule has 15 heavy (non-hydrogen) atoms. The summed E-state index contributed by atoms with van der Waals surface area (Å²) in [5.41, 5.74) is 1.22. The lowest BCUT2D eigenvalue weighted by Gasteiger charge is -2.26. The fourth-order valence-corrected chi connectivity index (χ4v) is 3.30. The van der Waals surface area contributed by atoms with Crippen LogP contribution in [-0.4, -0.2) is 18.3 Å². The minimum atomic E-state index is -0.330. The minimum absolute atomic E-state index is 0.287. The third-order valence-corrected chi connectivity index (χ3v) is 4.21. The van der Waals surface area contributed by atoms with Crippen LogP contribution in [0.2, 0.25) is 0 Å². The molecule has 84 valence electrons. The number of thiophene rings is 1. The van der Waals surface area contributed by atoms with Gasteiger partial charge in [-0.2, -0.15) is 0 Å². The second-order valence-corrected chi connectivity index (χ2v) is 5.61. The van der Waals surface area contributed by atoms with E-state index in [4.69, 9.17) is 4.74 Å². The fourth-order valence-electron chi connectivity index (χ4n) is 2.18. The van der Waals surface area contributed by atoms with E-state index in [1.165, 1.54) is 10.4 Å². The van der Waals surface area contributed by atoms with Gasteiger partial charge in [-0.15, -0.1) is 11.3 Å². The quantitative estimate of drug-likeness (QED) is 0.840. The molecule has 0 spiro atoms. The summed E-state index contributed by atoms with van der Waals surface area (Å²) < 4.78 is 5.42. The molecule has 0 aliphatic carbocycles. The molecule has 2 rings (SSSR count).